The molecule has 18 heavy (non-hydrogen) atoms. The molecule has 0 saturated carbocycles. The van der Waals surface area contributed by atoms with Gasteiger partial charge in [-0.25, -0.2) is 4.98 Å². The van der Waals surface area contributed by atoms with Gasteiger partial charge in [0.25, 0.3) is 5.91 Å². The first-order chi connectivity index (χ1) is 8.59. The van der Waals surface area contributed by atoms with Gasteiger partial charge in [-0.1, -0.05) is 0 Å². The van der Waals surface area contributed by atoms with Crippen LogP contribution >= 0.6 is 0 Å². The van der Waals surface area contributed by atoms with Crippen molar-refractivity contribution in [2.75, 3.05) is 0 Å². The Morgan fingerprint density at radius 1 is 1.44 bits per heavy atom. The first-order valence-electron chi connectivity index (χ1n) is 6.11. The number of aromatic nitrogens is 2. The van der Waals surface area contributed by atoms with E-state index in [2.05, 4.69) is 4.98 Å². The van der Waals surface area contributed by atoms with Crippen LogP contribution in [0.1, 0.15) is 29.8 Å². The van der Waals surface area contributed by atoms with Crippen LogP contribution in [0.5, 0.6) is 0 Å². The molecular formula is C12H15N3O3. The van der Waals surface area contributed by atoms with E-state index in [1.807, 2.05) is 0 Å². The largest absolute Gasteiger partial charge is 0.481 e. The molecule has 3 heterocycles. The van der Waals surface area contributed by atoms with Crippen molar-refractivity contribution in [3.05, 3.63) is 18.2 Å². The molecule has 2 fully saturated rings. The summed E-state index contributed by atoms with van der Waals surface area (Å²) >= 11 is 0. The third kappa shape index (κ3) is 1.45. The SMILES string of the molecule is Cn1cncc1C(=O)N1C2CCC1C(C(=O)O)C2. The highest BCUT2D eigenvalue weighted by Gasteiger charge is 2.51. The lowest BCUT2D eigenvalue weighted by molar-refractivity contribution is -0.142. The second-order valence-corrected chi connectivity index (χ2v) is 5.08. The molecule has 1 N–H and O–H groups in total. The maximum absolute atomic E-state index is 12.4. The Kier molecular flexibility index (Phi) is 2.39. The van der Waals surface area contributed by atoms with Crippen molar-refractivity contribution in [3.8, 4) is 0 Å². The quantitative estimate of drug-likeness (QED) is 0.828. The van der Waals surface area contributed by atoms with Gasteiger partial charge in [-0.15, -0.1) is 0 Å². The van der Waals surface area contributed by atoms with Crippen LogP contribution < -0.4 is 0 Å². The average Bonchev–Trinajstić information content (AvgIpc) is 3.01. The molecule has 0 radical (unpaired) electrons. The molecule has 3 atom stereocenters. The van der Waals surface area contributed by atoms with Crippen LogP contribution in [0.15, 0.2) is 12.5 Å². The molecule has 6 nitrogen and oxygen atoms in total. The van der Waals surface area contributed by atoms with Gasteiger partial charge in [0.05, 0.1) is 18.4 Å². The topological polar surface area (TPSA) is 75.4 Å². The smallest absolute Gasteiger partial charge is 0.308 e. The number of carbonyl (C=O) groups is 2. The number of hydrogen-bond acceptors (Lipinski definition) is 3. The molecule has 0 spiro atoms. The minimum Gasteiger partial charge on any atom is -0.481 e. The number of hydrogen-bond donors (Lipinski definition) is 1. The highest BCUT2D eigenvalue weighted by molar-refractivity contribution is 5.94. The van der Waals surface area contributed by atoms with Crippen LogP contribution in [0.2, 0.25) is 0 Å². The van der Waals surface area contributed by atoms with Crippen LogP contribution in [0.25, 0.3) is 0 Å². The maximum atomic E-state index is 12.4. The zero-order chi connectivity index (χ0) is 12.9. The van der Waals surface area contributed by atoms with E-state index in [4.69, 9.17) is 5.11 Å². The van der Waals surface area contributed by atoms with Crippen molar-refractivity contribution < 1.29 is 14.7 Å². The summed E-state index contributed by atoms with van der Waals surface area (Å²) in [6, 6.07) is -0.0617. The first kappa shape index (κ1) is 11.3. The lowest BCUT2D eigenvalue weighted by atomic mass is 9.89. The van der Waals surface area contributed by atoms with Crippen molar-refractivity contribution in [1.82, 2.24) is 14.5 Å². The lowest BCUT2D eigenvalue weighted by Crippen LogP contribution is -2.38. The molecule has 2 aliphatic rings. The fraction of sp³-hybridized carbons (Fsp3) is 0.583. The monoisotopic (exact) mass is 249 g/mol. The van der Waals surface area contributed by atoms with E-state index in [1.54, 1.807) is 22.8 Å². The Balaban J connectivity index is 1.88. The van der Waals surface area contributed by atoms with Gasteiger partial charge in [0.2, 0.25) is 0 Å². The number of aliphatic carboxylic acids is 1. The number of imidazole rings is 1. The summed E-state index contributed by atoms with van der Waals surface area (Å²) < 4.78 is 1.68. The summed E-state index contributed by atoms with van der Waals surface area (Å²) in [7, 11) is 1.77. The third-order valence-corrected chi connectivity index (χ3v) is 4.12. The maximum Gasteiger partial charge on any atom is 0.308 e. The van der Waals surface area contributed by atoms with Crippen LogP contribution in [0, 0.1) is 5.92 Å². The van der Waals surface area contributed by atoms with Gasteiger partial charge >= 0.3 is 5.97 Å². The van der Waals surface area contributed by atoms with Gasteiger partial charge in [0, 0.05) is 19.1 Å². The Bertz CT molecular complexity index is 510. The molecule has 2 saturated heterocycles. The highest BCUT2D eigenvalue weighted by Crippen LogP contribution is 2.42. The number of carboxylic acid groups (broad SMARTS) is 1. The van der Waals surface area contributed by atoms with Gasteiger partial charge in [0.1, 0.15) is 5.69 Å². The van der Waals surface area contributed by atoms with Gasteiger partial charge in [-0.2, -0.15) is 0 Å². The lowest BCUT2D eigenvalue weighted by Gasteiger charge is -2.22. The van der Waals surface area contributed by atoms with Crippen LogP contribution in [-0.4, -0.2) is 43.5 Å². The fourth-order valence-electron chi connectivity index (χ4n) is 3.27. The Labute approximate surface area is 104 Å². The minimum absolute atomic E-state index is 0.0819. The fourth-order valence-corrected chi connectivity index (χ4v) is 3.27. The second-order valence-electron chi connectivity index (χ2n) is 5.08. The molecule has 96 valence electrons. The molecular weight excluding hydrogens is 234 g/mol. The zero-order valence-electron chi connectivity index (χ0n) is 10.1. The van der Waals surface area contributed by atoms with E-state index in [0.29, 0.717) is 12.1 Å². The molecule has 2 bridgehead atoms. The first-order valence-corrected chi connectivity index (χ1v) is 6.11. The number of aryl methyl sites for hydroxylation is 1. The summed E-state index contributed by atoms with van der Waals surface area (Å²) in [5, 5.41) is 9.16. The van der Waals surface area contributed by atoms with Crippen LogP contribution in [0.3, 0.4) is 0 Å². The molecule has 0 aromatic carbocycles. The van der Waals surface area contributed by atoms with Crippen molar-refractivity contribution >= 4 is 11.9 Å². The number of carboxylic acids is 1. The molecule has 3 rings (SSSR count). The number of fused-ring (bicyclic) bond motifs is 2. The zero-order valence-corrected chi connectivity index (χ0v) is 10.1. The predicted molar refractivity (Wildman–Crippen MR) is 61.9 cm³/mol. The van der Waals surface area contributed by atoms with E-state index in [1.165, 1.54) is 6.20 Å². The van der Waals surface area contributed by atoms with E-state index in [-0.39, 0.29) is 18.0 Å². The van der Waals surface area contributed by atoms with Crippen LogP contribution in [0.4, 0.5) is 0 Å². The average molecular weight is 249 g/mol. The summed E-state index contributed by atoms with van der Waals surface area (Å²) in [5.74, 6) is -1.28. The molecule has 6 heteroatoms. The van der Waals surface area contributed by atoms with Gasteiger partial charge in [-0.3, -0.25) is 9.59 Å². The molecule has 3 unspecified atom stereocenters. The predicted octanol–water partition coefficient (Wildman–Crippen LogP) is 0.498. The van der Waals surface area contributed by atoms with Crippen LogP contribution in [-0.2, 0) is 11.8 Å². The Morgan fingerprint density at radius 3 is 2.78 bits per heavy atom. The Morgan fingerprint density at radius 2 is 2.22 bits per heavy atom. The van der Waals surface area contributed by atoms with Crippen molar-refractivity contribution in [3.63, 3.8) is 0 Å². The standard InChI is InChI=1S/C12H15N3O3/c1-14-6-13-5-10(14)11(16)15-7-2-3-9(15)8(4-7)12(17)18/h5-9H,2-4H2,1H3,(H,17,18). The van der Waals surface area contributed by atoms with E-state index in [9.17, 15) is 9.59 Å². The number of rotatable bonds is 2. The van der Waals surface area contributed by atoms with Crippen molar-refractivity contribution in [2.24, 2.45) is 13.0 Å². The molecule has 1 amide bonds. The van der Waals surface area contributed by atoms with E-state index < -0.39 is 11.9 Å². The number of carbonyl (C=O) groups excluding carboxylic acids is 1. The van der Waals surface area contributed by atoms with Gasteiger partial charge < -0.3 is 14.6 Å². The van der Waals surface area contributed by atoms with E-state index >= 15 is 0 Å². The molecule has 1 aromatic heterocycles. The van der Waals surface area contributed by atoms with Crippen molar-refractivity contribution in [1.29, 1.82) is 0 Å². The molecule has 1 aromatic rings. The Hall–Kier alpha value is -1.85. The third-order valence-electron chi connectivity index (χ3n) is 4.12. The summed E-state index contributed by atoms with van der Waals surface area (Å²) in [6.45, 7) is 0. The number of amides is 1. The molecule has 0 aliphatic carbocycles. The number of nitrogens with zero attached hydrogens (tertiary/aromatic N) is 3. The summed E-state index contributed by atoms with van der Waals surface area (Å²) in [4.78, 5) is 29.3. The molecule has 2 aliphatic heterocycles. The highest BCUT2D eigenvalue weighted by atomic mass is 16.4. The van der Waals surface area contributed by atoms with Gasteiger partial charge in [-0.05, 0) is 19.3 Å². The normalized spacial score (nSPS) is 29.8. The summed E-state index contributed by atoms with van der Waals surface area (Å²) in [6.07, 6.45) is 5.42. The second kappa shape index (κ2) is 3.83. The summed E-state index contributed by atoms with van der Waals surface area (Å²) in [5.41, 5.74) is 0.526. The minimum atomic E-state index is -0.787. The van der Waals surface area contributed by atoms with Gasteiger partial charge in [0.15, 0.2) is 0 Å². The van der Waals surface area contributed by atoms with Crippen molar-refractivity contribution in [2.45, 2.75) is 31.3 Å². The van der Waals surface area contributed by atoms with E-state index in [0.717, 1.165) is 12.8 Å².